The molecule has 0 spiro atoms. The molecule has 0 atom stereocenters. The van der Waals surface area contributed by atoms with E-state index in [1.54, 1.807) is 19.2 Å². The van der Waals surface area contributed by atoms with Crippen molar-refractivity contribution in [1.29, 1.82) is 0 Å². The molecule has 104 valence electrons. The molecule has 0 aliphatic rings. The van der Waals surface area contributed by atoms with E-state index in [1.165, 1.54) is 29.3 Å². The number of carbonyl (C=O) groups is 1. The summed E-state index contributed by atoms with van der Waals surface area (Å²) in [6.45, 7) is 0.360. The Morgan fingerprint density at radius 2 is 1.95 bits per heavy atom. The normalized spacial score (nSPS) is 10.4. The number of nitrogens with zero attached hydrogens (tertiary/aromatic N) is 2. The van der Waals surface area contributed by atoms with Gasteiger partial charge in [-0.3, -0.25) is 4.79 Å². The Labute approximate surface area is 125 Å². The van der Waals surface area contributed by atoms with E-state index in [-0.39, 0.29) is 21.9 Å². The highest BCUT2D eigenvalue weighted by atomic mass is 35.5. The van der Waals surface area contributed by atoms with Gasteiger partial charge < -0.3 is 4.90 Å². The second-order valence-corrected chi connectivity index (χ2v) is 5.05. The monoisotopic (exact) mass is 312 g/mol. The standard InChI is InChI=1S/C14H11Cl2FN2O/c1-19(8-9-2-4-11(17)5-3-9)14(20)10-6-12(15)13(16)18-7-10/h2-7H,8H2,1H3. The molecule has 0 aliphatic carbocycles. The van der Waals surface area contributed by atoms with Crippen molar-refractivity contribution in [3.8, 4) is 0 Å². The van der Waals surface area contributed by atoms with E-state index in [2.05, 4.69) is 4.98 Å². The van der Waals surface area contributed by atoms with Crippen LogP contribution >= 0.6 is 23.2 Å². The number of rotatable bonds is 3. The van der Waals surface area contributed by atoms with E-state index in [9.17, 15) is 9.18 Å². The molecule has 3 nitrogen and oxygen atoms in total. The molecule has 20 heavy (non-hydrogen) atoms. The molecule has 0 radical (unpaired) electrons. The van der Waals surface area contributed by atoms with Crippen LogP contribution in [-0.4, -0.2) is 22.8 Å². The van der Waals surface area contributed by atoms with Gasteiger partial charge in [-0.1, -0.05) is 35.3 Å². The van der Waals surface area contributed by atoms with Crippen LogP contribution in [0.2, 0.25) is 10.2 Å². The van der Waals surface area contributed by atoms with Gasteiger partial charge in [0.25, 0.3) is 5.91 Å². The number of carbonyl (C=O) groups excluding carboxylic acids is 1. The van der Waals surface area contributed by atoms with Crippen LogP contribution in [-0.2, 0) is 6.54 Å². The zero-order valence-electron chi connectivity index (χ0n) is 10.6. The van der Waals surface area contributed by atoms with Gasteiger partial charge in [-0.25, -0.2) is 9.37 Å². The predicted octanol–water partition coefficient (Wildman–Crippen LogP) is 3.80. The summed E-state index contributed by atoms with van der Waals surface area (Å²) in [6.07, 6.45) is 1.37. The maximum absolute atomic E-state index is 12.8. The zero-order valence-corrected chi connectivity index (χ0v) is 12.1. The van der Waals surface area contributed by atoms with Crippen LogP contribution in [0, 0.1) is 5.82 Å². The Bertz CT molecular complexity index is 632. The van der Waals surface area contributed by atoms with Crippen LogP contribution in [0.4, 0.5) is 4.39 Å². The van der Waals surface area contributed by atoms with Gasteiger partial charge in [0.15, 0.2) is 0 Å². The van der Waals surface area contributed by atoms with E-state index in [1.807, 2.05) is 0 Å². The Morgan fingerprint density at radius 1 is 1.30 bits per heavy atom. The van der Waals surface area contributed by atoms with Crippen LogP contribution in [0.3, 0.4) is 0 Å². The number of hydrogen-bond donors (Lipinski definition) is 0. The van der Waals surface area contributed by atoms with Crippen LogP contribution in [0.1, 0.15) is 15.9 Å². The molecular formula is C14H11Cl2FN2O. The fourth-order valence-electron chi connectivity index (χ4n) is 1.69. The Morgan fingerprint density at radius 3 is 2.55 bits per heavy atom. The first kappa shape index (κ1) is 14.8. The average molecular weight is 313 g/mol. The molecule has 0 aliphatic heterocycles. The van der Waals surface area contributed by atoms with Crippen LogP contribution < -0.4 is 0 Å². The van der Waals surface area contributed by atoms with Gasteiger partial charge in [-0.2, -0.15) is 0 Å². The topological polar surface area (TPSA) is 33.2 Å². The SMILES string of the molecule is CN(Cc1ccc(F)cc1)C(=O)c1cnc(Cl)c(Cl)c1. The third kappa shape index (κ3) is 3.46. The van der Waals surface area contributed by atoms with Gasteiger partial charge in [0.05, 0.1) is 10.6 Å². The van der Waals surface area contributed by atoms with Gasteiger partial charge in [0, 0.05) is 19.8 Å². The Hall–Kier alpha value is -1.65. The molecule has 0 saturated carbocycles. The second-order valence-electron chi connectivity index (χ2n) is 4.28. The van der Waals surface area contributed by atoms with Crippen LogP contribution in [0.25, 0.3) is 0 Å². The molecule has 2 rings (SSSR count). The second kappa shape index (κ2) is 6.20. The number of benzene rings is 1. The van der Waals surface area contributed by atoms with Gasteiger partial charge in [-0.05, 0) is 23.8 Å². The largest absolute Gasteiger partial charge is 0.337 e. The van der Waals surface area contributed by atoms with Gasteiger partial charge in [0.2, 0.25) is 0 Å². The summed E-state index contributed by atoms with van der Waals surface area (Å²) in [4.78, 5) is 17.5. The molecule has 0 bridgehead atoms. The summed E-state index contributed by atoms with van der Waals surface area (Å²) in [5, 5.41) is 0.386. The molecule has 0 unspecified atom stereocenters. The first-order valence-electron chi connectivity index (χ1n) is 5.78. The average Bonchev–Trinajstić information content (AvgIpc) is 2.43. The highest BCUT2D eigenvalue weighted by Crippen LogP contribution is 2.20. The van der Waals surface area contributed by atoms with E-state index in [0.717, 1.165) is 5.56 Å². The Kier molecular flexibility index (Phi) is 4.57. The highest BCUT2D eigenvalue weighted by molar-refractivity contribution is 6.41. The van der Waals surface area contributed by atoms with Gasteiger partial charge in [0.1, 0.15) is 11.0 Å². The number of amides is 1. The Balaban J connectivity index is 2.11. The maximum atomic E-state index is 12.8. The molecule has 0 fully saturated rings. The highest BCUT2D eigenvalue weighted by Gasteiger charge is 2.14. The number of pyridine rings is 1. The summed E-state index contributed by atoms with van der Waals surface area (Å²) in [6, 6.07) is 7.45. The lowest BCUT2D eigenvalue weighted by atomic mass is 10.2. The fourth-order valence-corrected chi connectivity index (χ4v) is 1.96. The van der Waals surface area contributed by atoms with Gasteiger partial charge in [-0.15, -0.1) is 0 Å². The van der Waals surface area contributed by atoms with Crippen molar-refractivity contribution in [2.75, 3.05) is 7.05 Å². The third-order valence-corrected chi connectivity index (χ3v) is 3.41. The minimum atomic E-state index is -0.309. The molecule has 2 aromatic rings. The predicted molar refractivity (Wildman–Crippen MR) is 76.5 cm³/mol. The summed E-state index contributed by atoms with van der Waals surface area (Å²) in [5.41, 5.74) is 1.18. The van der Waals surface area contributed by atoms with Crippen molar-refractivity contribution >= 4 is 29.1 Å². The quantitative estimate of drug-likeness (QED) is 0.808. The molecule has 1 aromatic heterocycles. The molecule has 0 saturated heterocycles. The first-order valence-corrected chi connectivity index (χ1v) is 6.54. The van der Waals surface area contributed by atoms with Crippen molar-refractivity contribution in [1.82, 2.24) is 9.88 Å². The van der Waals surface area contributed by atoms with Crippen molar-refractivity contribution in [2.24, 2.45) is 0 Å². The molecule has 1 amide bonds. The maximum Gasteiger partial charge on any atom is 0.255 e. The fraction of sp³-hybridized carbons (Fsp3) is 0.143. The lowest BCUT2D eigenvalue weighted by Crippen LogP contribution is -2.26. The number of hydrogen-bond acceptors (Lipinski definition) is 2. The van der Waals surface area contributed by atoms with E-state index in [4.69, 9.17) is 23.2 Å². The third-order valence-electron chi connectivity index (χ3n) is 2.72. The van der Waals surface area contributed by atoms with Crippen molar-refractivity contribution in [3.63, 3.8) is 0 Å². The number of aromatic nitrogens is 1. The first-order chi connectivity index (χ1) is 9.47. The van der Waals surface area contributed by atoms with Crippen molar-refractivity contribution in [3.05, 3.63) is 63.6 Å². The summed E-state index contributed by atoms with van der Waals surface area (Å²) >= 11 is 11.5. The number of halogens is 3. The summed E-state index contributed by atoms with van der Waals surface area (Å²) in [7, 11) is 1.65. The molecule has 1 aromatic carbocycles. The van der Waals surface area contributed by atoms with Gasteiger partial charge >= 0.3 is 0 Å². The smallest absolute Gasteiger partial charge is 0.255 e. The molecular weight excluding hydrogens is 302 g/mol. The van der Waals surface area contributed by atoms with E-state index in [0.29, 0.717) is 12.1 Å². The lowest BCUT2D eigenvalue weighted by molar-refractivity contribution is 0.0784. The zero-order chi connectivity index (χ0) is 14.7. The summed E-state index contributed by atoms with van der Waals surface area (Å²) in [5.74, 6) is -0.545. The summed E-state index contributed by atoms with van der Waals surface area (Å²) < 4.78 is 12.8. The minimum Gasteiger partial charge on any atom is -0.337 e. The molecule has 6 heteroatoms. The van der Waals surface area contributed by atoms with Crippen LogP contribution in [0.15, 0.2) is 36.5 Å². The van der Waals surface area contributed by atoms with Crippen LogP contribution in [0.5, 0.6) is 0 Å². The van der Waals surface area contributed by atoms with Crippen molar-refractivity contribution < 1.29 is 9.18 Å². The van der Waals surface area contributed by atoms with E-state index >= 15 is 0 Å². The molecule has 1 heterocycles. The lowest BCUT2D eigenvalue weighted by Gasteiger charge is -2.17. The van der Waals surface area contributed by atoms with E-state index < -0.39 is 0 Å². The van der Waals surface area contributed by atoms with Crippen molar-refractivity contribution in [2.45, 2.75) is 6.54 Å². The minimum absolute atomic E-state index is 0.157. The molecule has 0 N–H and O–H groups in total.